The Morgan fingerprint density at radius 3 is 1.73 bits per heavy atom. The minimum absolute atomic E-state index is 0.148. The maximum absolute atomic E-state index is 9.92. The van der Waals surface area contributed by atoms with Crippen molar-refractivity contribution in [2.24, 2.45) is 0 Å². The van der Waals surface area contributed by atoms with Gasteiger partial charge in [0.2, 0.25) is 0 Å². The monoisotopic (exact) mass is 382 g/mol. The number of aromatic hydroxyl groups is 1. The van der Waals surface area contributed by atoms with Crippen molar-refractivity contribution in [1.29, 1.82) is 0 Å². The van der Waals surface area contributed by atoms with Gasteiger partial charge in [-0.25, -0.2) is 0 Å². The lowest BCUT2D eigenvalue weighted by molar-refractivity contribution is 0.373. The van der Waals surface area contributed by atoms with E-state index >= 15 is 0 Å². The third-order valence-electron chi connectivity index (χ3n) is 4.00. The first-order valence-corrected chi connectivity index (χ1v) is 10.1. The van der Waals surface area contributed by atoms with Crippen LogP contribution < -0.4 is 4.74 Å². The van der Waals surface area contributed by atoms with Crippen molar-refractivity contribution in [3.05, 3.63) is 83.4 Å². The Hall–Kier alpha value is -2.04. The molecule has 3 aromatic carbocycles. The predicted octanol–water partition coefficient (Wildman–Crippen LogP) is 6.60. The summed E-state index contributed by atoms with van der Waals surface area (Å²) in [4.78, 5) is 2.43. The molecule has 26 heavy (non-hydrogen) atoms. The zero-order valence-electron chi connectivity index (χ0n) is 15.1. The molecule has 0 aromatic heterocycles. The van der Waals surface area contributed by atoms with Gasteiger partial charge in [-0.3, -0.25) is 0 Å². The highest BCUT2D eigenvalue weighted by molar-refractivity contribution is 8.16. The molecule has 134 valence electrons. The molecule has 2 nitrogen and oxygen atoms in total. The summed E-state index contributed by atoms with van der Waals surface area (Å²) in [6.07, 6.45) is 0. The molecule has 0 saturated heterocycles. The standard InChI is InChI=1S/C22H22O2S2/c1-15-4-9-18(10-5-15)25-22(26-19-11-6-16(2)7-12-19)17-8-13-20(23)21(14-17)24-3/h4-14,22-23H,1-3H3. The molecule has 0 bridgehead atoms. The topological polar surface area (TPSA) is 29.5 Å². The van der Waals surface area contributed by atoms with Gasteiger partial charge in [-0.2, -0.15) is 0 Å². The van der Waals surface area contributed by atoms with Gasteiger partial charge in [-0.1, -0.05) is 41.5 Å². The van der Waals surface area contributed by atoms with Gasteiger partial charge in [0.25, 0.3) is 0 Å². The Kier molecular flexibility index (Phi) is 6.17. The largest absolute Gasteiger partial charge is 0.504 e. The molecule has 0 fully saturated rings. The Bertz CT molecular complexity index is 811. The summed E-state index contributed by atoms with van der Waals surface area (Å²) >= 11 is 3.60. The summed E-state index contributed by atoms with van der Waals surface area (Å²) in [5.41, 5.74) is 3.61. The third-order valence-corrected chi connectivity index (χ3v) is 6.64. The van der Waals surface area contributed by atoms with Crippen LogP contribution in [0.15, 0.2) is 76.5 Å². The molecule has 0 spiro atoms. The van der Waals surface area contributed by atoms with Crippen molar-refractivity contribution in [2.75, 3.05) is 7.11 Å². The van der Waals surface area contributed by atoms with Crippen LogP contribution in [0.4, 0.5) is 0 Å². The van der Waals surface area contributed by atoms with E-state index < -0.39 is 0 Å². The van der Waals surface area contributed by atoms with E-state index in [0.717, 1.165) is 5.56 Å². The highest BCUT2D eigenvalue weighted by atomic mass is 32.2. The summed E-state index contributed by atoms with van der Waals surface area (Å²) in [6, 6.07) is 22.7. The number of aryl methyl sites for hydroxylation is 2. The molecule has 0 aliphatic heterocycles. The summed E-state index contributed by atoms with van der Waals surface area (Å²) in [6.45, 7) is 4.19. The fraction of sp³-hybridized carbons (Fsp3) is 0.182. The zero-order chi connectivity index (χ0) is 18.5. The van der Waals surface area contributed by atoms with Crippen LogP contribution in [0.5, 0.6) is 11.5 Å². The molecule has 0 aliphatic carbocycles. The SMILES string of the molecule is COc1cc(C(Sc2ccc(C)cc2)Sc2ccc(C)cc2)ccc1O. The van der Waals surface area contributed by atoms with Gasteiger partial charge < -0.3 is 9.84 Å². The van der Waals surface area contributed by atoms with Crippen LogP contribution in [0.1, 0.15) is 21.3 Å². The number of phenols is 1. The van der Waals surface area contributed by atoms with Crippen LogP contribution >= 0.6 is 23.5 Å². The van der Waals surface area contributed by atoms with Crippen LogP contribution in [-0.2, 0) is 0 Å². The Morgan fingerprint density at radius 2 is 1.27 bits per heavy atom. The zero-order valence-corrected chi connectivity index (χ0v) is 16.7. The van der Waals surface area contributed by atoms with Crippen LogP contribution in [0.2, 0.25) is 0 Å². The molecule has 0 atom stereocenters. The molecule has 3 aromatic rings. The molecule has 0 heterocycles. The van der Waals surface area contributed by atoms with Crippen molar-refractivity contribution in [2.45, 2.75) is 28.2 Å². The second kappa shape index (κ2) is 8.56. The summed E-state index contributed by atoms with van der Waals surface area (Å²) in [5.74, 6) is 0.664. The second-order valence-electron chi connectivity index (χ2n) is 6.13. The molecule has 1 N–H and O–H groups in total. The Labute approximate surface area is 163 Å². The molecule has 3 rings (SSSR count). The smallest absolute Gasteiger partial charge is 0.160 e. The maximum Gasteiger partial charge on any atom is 0.160 e. The van der Waals surface area contributed by atoms with E-state index in [0.29, 0.717) is 5.75 Å². The second-order valence-corrected chi connectivity index (χ2v) is 8.78. The van der Waals surface area contributed by atoms with E-state index in [9.17, 15) is 5.11 Å². The average molecular weight is 383 g/mol. The van der Waals surface area contributed by atoms with Crippen LogP contribution in [-0.4, -0.2) is 12.2 Å². The number of hydrogen-bond acceptors (Lipinski definition) is 4. The van der Waals surface area contributed by atoms with Crippen LogP contribution in [0.25, 0.3) is 0 Å². The minimum atomic E-state index is 0.148. The van der Waals surface area contributed by atoms with E-state index in [2.05, 4.69) is 62.4 Å². The molecule has 0 amide bonds. The molecular weight excluding hydrogens is 360 g/mol. The average Bonchev–Trinajstić information content (AvgIpc) is 2.65. The van der Waals surface area contributed by atoms with Gasteiger partial charge >= 0.3 is 0 Å². The van der Waals surface area contributed by atoms with E-state index in [1.807, 2.05) is 12.1 Å². The fourth-order valence-corrected chi connectivity index (χ4v) is 4.99. The quantitative estimate of drug-likeness (QED) is 0.384. The van der Waals surface area contributed by atoms with Crippen molar-refractivity contribution < 1.29 is 9.84 Å². The third kappa shape index (κ3) is 4.77. The number of thioether (sulfide) groups is 2. The first kappa shape index (κ1) is 18.7. The van der Waals surface area contributed by atoms with Gasteiger partial charge in [0.1, 0.15) is 0 Å². The number of methoxy groups -OCH3 is 1. The number of hydrogen-bond donors (Lipinski definition) is 1. The fourth-order valence-electron chi connectivity index (χ4n) is 2.48. The van der Waals surface area contributed by atoms with Gasteiger partial charge in [-0.05, 0) is 55.8 Å². The highest BCUT2D eigenvalue weighted by Gasteiger charge is 2.17. The van der Waals surface area contributed by atoms with Crippen molar-refractivity contribution in [3.63, 3.8) is 0 Å². The van der Waals surface area contributed by atoms with E-state index in [-0.39, 0.29) is 10.3 Å². The van der Waals surface area contributed by atoms with Crippen molar-refractivity contribution in [3.8, 4) is 11.5 Å². The summed E-state index contributed by atoms with van der Waals surface area (Å²) < 4.78 is 5.45. The predicted molar refractivity (Wildman–Crippen MR) is 111 cm³/mol. The van der Waals surface area contributed by atoms with E-state index in [4.69, 9.17) is 4.74 Å². The Morgan fingerprint density at radius 1 is 0.769 bits per heavy atom. The van der Waals surface area contributed by atoms with Gasteiger partial charge in [-0.15, -0.1) is 23.5 Å². The lowest BCUT2D eigenvalue weighted by atomic mass is 10.2. The molecule has 0 radical (unpaired) electrons. The lowest BCUT2D eigenvalue weighted by Crippen LogP contribution is -1.92. The summed E-state index contributed by atoms with van der Waals surface area (Å²) in [7, 11) is 1.58. The van der Waals surface area contributed by atoms with Crippen LogP contribution in [0.3, 0.4) is 0 Å². The van der Waals surface area contributed by atoms with Crippen LogP contribution in [0, 0.1) is 13.8 Å². The van der Waals surface area contributed by atoms with Crippen molar-refractivity contribution in [1.82, 2.24) is 0 Å². The van der Waals surface area contributed by atoms with E-state index in [1.54, 1.807) is 36.7 Å². The van der Waals surface area contributed by atoms with Crippen molar-refractivity contribution >= 4 is 23.5 Å². The first-order chi connectivity index (χ1) is 12.5. The molecular formula is C22H22O2S2. The number of ether oxygens (including phenoxy) is 1. The van der Waals surface area contributed by atoms with E-state index in [1.165, 1.54) is 20.9 Å². The highest BCUT2D eigenvalue weighted by Crippen LogP contribution is 2.48. The summed E-state index contributed by atoms with van der Waals surface area (Å²) in [5, 5.41) is 9.92. The molecule has 0 aliphatic rings. The van der Waals surface area contributed by atoms with Gasteiger partial charge in [0.05, 0.1) is 11.7 Å². The molecule has 0 saturated carbocycles. The number of benzene rings is 3. The van der Waals surface area contributed by atoms with Gasteiger partial charge in [0, 0.05) is 9.79 Å². The number of phenolic OH excluding ortho intramolecular Hbond substituents is 1. The van der Waals surface area contributed by atoms with Gasteiger partial charge in [0.15, 0.2) is 11.5 Å². The number of rotatable bonds is 6. The molecule has 0 unspecified atom stereocenters. The normalized spacial score (nSPS) is 10.9. The maximum atomic E-state index is 9.92. The molecule has 4 heteroatoms. The first-order valence-electron chi connectivity index (χ1n) is 8.39. The lowest BCUT2D eigenvalue weighted by Gasteiger charge is -2.18. The Balaban J connectivity index is 1.92. The minimum Gasteiger partial charge on any atom is -0.504 e.